The summed E-state index contributed by atoms with van der Waals surface area (Å²) < 4.78 is 0. The fourth-order valence-electron chi connectivity index (χ4n) is 2.38. The molecule has 1 aromatic carbocycles. The van der Waals surface area contributed by atoms with E-state index in [9.17, 15) is 19.5 Å². The minimum absolute atomic E-state index is 0.0214. The van der Waals surface area contributed by atoms with Crippen LogP contribution in [0.25, 0.3) is 0 Å². The molecule has 0 aromatic heterocycles. The Morgan fingerprint density at radius 3 is 2.70 bits per heavy atom. The van der Waals surface area contributed by atoms with Crippen LogP contribution in [-0.2, 0) is 16.1 Å². The van der Waals surface area contributed by atoms with Crippen LogP contribution < -0.4 is 5.73 Å². The first-order valence-corrected chi connectivity index (χ1v) is 6.32. The predicted octanol–water partition coefficient (Wildman–Crippen LogP) is 0.571. The predicted molar refractivity (Wildman–Crippen MR) is 70.9 cm³/mol. The van der Waals surface area contributed by atoms with Crippen LogP contribution in [0.5, 0.6) is 5.75 Å². The molecule has 20 heavy (non-hydrogen) atoms. The average molecular weight is 276 g/mol. The molecule has 1 atom stereocenters. The van der Waals surface area contributed by atoms with Crippen molar-refractivity contribution in [1.29, 1.82) is 0 Å². The van der Waals surface area contributed by atoms with Gasteiger partial charge in [0.15, 0.2) is 0 Å². The summed E-state index contributed by atoms with van der Waals surface area (Å²) in [5.41, 5.74) is 6.20. The first kappa shape index (κ1) is 14.0. The maximum atomic E-state index is 12.3. The number of amides is 2. The number of ketones is 1. The lowest BCUT2D eigenvalue weighted by molar-refractivity contribution is -0.123. The third-order valence-corrected chi connectivity index (χ3v) is 3.45. The molecule has 0 saturated carbocycles. The van der Waals surface area contributed by atoms with Crippen LogP contribution in [0.2, 0.25) is 0 Å². The largest absolute Gasteiger partial charge is 0.508 e. The Hall–Kier alpha value is -2.37. The lowest BCUT2D eigenvalue weighted by Gasteiger charge is -2.24. The van der Waals surface area contributed by atoms with Crippen LogP contribution >= 0.6 is 0 Å². The molecule has 6 heteroatoms. The van der Waals surface area contributed by atoms with Crippen molar-refractivity contribution in [3.8, 4) is 5.75 Å². The second-order valence-corrected chi connectivity index (χ2v) is 4.90. The molecule has 1 heterocycles. The van der Waals surface area contributed by atoms with Gasteiger partial charge in [-0.05, 0) is 25.5 Å². The van der Waals surface area contributed by atoms with Gasteiger partial charge in [0.25, 0.3) is 5.91 Å². The zero-order chi connectivity index (χ0) is 14.9. The summed E-state index contributed by atoms with van der Waals surface area (Å²) in [5.74, 6) is -1.04. The molecular formula is C14H16N2O4. The molecule has 1 unspecified atom stereocenters. The second kappa shape index (κ2) is 5.32. The molecule has 106 valence electrons. The number of primary amides is 1. The fraction of sp³-hybridized carbons (Fsp3) is 0.357. The van der Waals surface area contributed by atoms with Crippen molar-refractivity contribution >= 4 is 17.6 Å². The number of carbonyl (C=O) groups is 3. The molecule has 2 amide bonds. The van der Waals surface area contributed by atoms with Crippen LogP contribution in [0.15, 0.2) is 18.2 Å². The molecule has 2 rings (SSSR count). The van der Waals surface area contributed by atoms with Crippen molar-refractivity contribution in [2.75, 3.05) is 0 Å². The lowest BCUT2D eigenvalue weighted by Crippen LogP contribution is -2.45. The molecule has 0 saturated heterocycles. The number of phenolic OH excluding ortho intramolecular Hbond substituents is 1. The van der Waals surface area contributed by atoms with E-state index in [0.717, 1.165) is 0 Å². The van der Waals surface area contributed by atoms with E-state index in [2.05, 4.69) is 0 Å². The van der Waals surface area contributed by atoms with E-state index in [-0.39, 0.29) is 36.8 Å². The van der Waals surface area contributed by atoms with E-state index >= 15 is 0 Å². The number of carbonyl (C=O) groups excluding carboxylic acids is 3. The van der Waals surface area contributed by atoms with Crippen molar-refractivity contribution in [2.24, 2.45) is 5.73 Å². The van der Waals surface area contributed by atoms with E-state index in [4.69, 9.17) is 5.73 Å². The van der Waals surface area contributed by atoms with Crippen LogP contribution in [0, 0.1) is 0 Å². The highest BCUT2D eigenvalue weighted by Gasteiger charge is 2.36. The molecule has 1 aliphatic rings. The summed E-state index contributed by atoms with van der Waals surface area (Å²) in [6.07, 6.45) is 0.380. The van der Waals surface area contributed by atoms with Crippen LogP contribution in [0.3, 0.4) is 0 Å². The quantitative estimate of drug-likeness (QED) is 0.821. The number of hydrogen-bond acceptors (Lipinski definition) is 4. The smallest absolute Gasteiger partial charge is 0.255 e. The number of nitrogens with zero attached hydrogens (tertiary/aromatic N) is 1. The zero-order valence-corrected chi connectivity index (χ0v) is 11.1. The number of Topliss-reactive ketones (excluding diaryl/α,β-unsaturated/α-hetero) is 1. The standard InChI is InChI=1S/C14H16N2O4/c1-8(17)5-6-11(13(15)19)16-7-10-9(14(16)20)3-2-4-12(10)18/h2-4,11,18H,5-7H2,1H3,(H2,15,19). The van der Waals surface area contributed by atoms with Gasteiger partial charge in [-0.2, -0.15) is 0 Å². The van der Waals surface area contributed by atoms with Gasteiger partial charge in [0, 0.05) is 17.5 Å². The molecule has 0 spiro atoms. The molecule has 0 fully saturated rings. The number of benzene rings is 1. The minimum atomic E-state index is -0.835. The maximum absolute atomic E-state index is 12.3. The van der Waals surface area contributed by atoms with Gasteiger partial charge in [0.05, 0.1) is 6.54 Å². The first-order valence-electron chi connectivity index (χ1n) is 6.32. The Kier molecular flexibility index (Phi) is 3.74. The Morgan fingerprint density at radius 1 is 1.45 bits per heavy atom. The molecule has 6 nitrogen and oxygen atoms in total. The number of phenols is 1. The second-order valence-electron chi connectivity index (χ2n) is 4.90. The van der Waals surface area contributed by atoms with Crippen molar-refractivity contribution < 1.29 is 19.5 Å². The maximum Gasteiger partial charge on any atom is 0.255 e. The van der Waals surface area contributed by atoms with Crippen molar-refractivity contribution in [3.63, 3.8) is 0 Å². The van der Waals surface area contributed by atoms with Gasteiger partial charge in [-0.15, -0.1) is 0 Å². The zero-order valence-electron chi connectivity index (χ0n) is 11.1. The highest BCUT2D eigenvalue weighted by molar-refractivity contribution is 6.01. The number of aromatic hydroxyl groups is 1. The monoisotopic (exact) mass is 276 g/mol. The topological polar surface area (TPSA) is 101 Å². The summed E-state index contributed by atoms with van der Waals surface area (Å²) >= 11 is 0. The molecule has 0 radical (unpaired) electrons. The van der Waals surface area contributed by atoms with Gasteiger partial charge in [-0.3, -0.25) is 9.59 Å². The first-order chi connectivity index (χ1) is 9.41. The normalized spacial score (nSPS) is 15.1. The van der Waals surface area contributed by atoms with Crippen molar-refractivity contribution in [3.05, 3.63) is 29.3 Å². The Labute approximate surface area is 116 Å². The average Bonchev–Trinajstić information content (AvgIpc) is 2.69. The highest BCUT2D eigenvalue weighted by atomic mass is 16.3. The third-order valence-electron chi connectivity index (χ3n) is 3.45. The van der Waals surface area contributed by atoms with Crippen molar-refractivity contribution in [1.82, 2.24) is 4.90 Å². The SMILES string of the molecule is CC(=O)CCC(C(N)=O)N1Cc2c(O)cccc2C1=O. The minimum Gasteiger partial charge on any atom is -0.508 e. The summed E-state index contributed by atoms with van der Waals surface area (Å²) in [7, 11) is 0. The molecular weight excluding hydrogens is 260 g/mol. The molecule has 0 aliphatic carbocycles. The molecule has 3 N–H and O–H groups in total. The Bertz CT molecular complexity index is 583. The number of fused-ring (bicyclic) bond motifs is 1. The van der Waals surface area contributed by atoms with Crippen LogP contribution in [-0.4, -0.2) is 33.6 Å². The van der Waals surface area contributed by atoms with E-state index in [1.807, 2.05) is 0 Å². The van der Waals surface area contributed by atoms with Gasteiger partial charge in [0.1, 0.15) is 17.6 Å². The van der Waals surface area contributed by atoms with Crippen LogP contribution in [0.1, 0.15) is 35.7 Å². The summed E-state index contributed by atoms with van der Waals surface area (Å²) in [5, 5.41) is 9.76. The fourth-order valence-corrected chi connectivity index (χ4v) is 2.38. The van der Waals surface area contributed by atoms with E-state index in [1.54, 1.807) is 12.1 Å². The van der Waals surface area contributed by atoms with Crippen molar-refractivity contribution in [2.45, 2.75) is 32.4 Å². The van der Waals surface area contributed by atoms with Gasteiger partial charge in [0.2, 0.25) is 5.91 Å². The van der Waals surface area contributed by atoms with Gasteiger partial charge in [-0.25, -0.2) is 0 Å². The summed E-state index contributed by atoms with van der Waals surface area (Å²) in [6.45, 7) is 1.55. The van der Waals surface area contributed by atoms with E-state index in [0.29, 0.717) is 11.1 Å². The van der Waals surface area contributed by atoms with E-state index in [1.165, 1.54) is 17.9 Å². The van der Waals surface area contributed by atoms with E-state index < -0.39 is 11.9 Å². The third kappa shape index (κ3) is 2.49. The van der Waals surface area contributed by atoms with Crippen LogP contribution in [0.4, 0.5) is 0 Å². The summed E-state index contributed by atoms with van der Waals surface area (Å²) in [6, 6.07) is 3.83. The number of rotatable bonds is 5. The Balaban J connectivity index is 2.25. The van der Waals surface area contributed by atoms with Gasteiger partial charge >= 0.3 is 0 Å². The van der Waals surface area contributed by atoms with Gasteiger partial charge < -0.3 is 20.5 Å². The molecule has 1 aromatic rings. The highest BCUT2D eigenvalue weighted by Crippen LogP contribution is 2.31. The number of nitrogens with two attached hydrogens (primary N) is 1. The van der Waals surface area contributed by atoms with Gasteiger partial charge in [-0.1, -0.05) is 6.07 Å². The lowest BCUT2D eigenvalue weighted by atomic mass is 10.1. The Morgan fingerprint density at radius 2 is 2.15 bits per heavy atom. The number of hydrogen-bond donors (Lipinski definition) is 2. The molecule has 1 aliphatic heterocycles. The summed E-state index contributed by atoms with van der Waals surface area (Å²) in [4.78, 5) is 36.2. The molecule has 0 bridgehead atoms.